The number of phenolic OH excluding ortho intramolecular Hbond substituents is 1. The summed E-state index contributed by atoms with van der Waals surface area (Å²) in [4.78, 5) is 0. The van der Waals surface area contributed by atoms with Gasteiger partial charge in [-0.25, -0.2) is 0 Å². The quantitative estimate of drug-likeness (QED) is 0.656. The van der Waals surface area contributed by atoms with Crippen LogP contribution in [0.2, 0.25) is 0 Å². The number of benzene rings is 2. The molecule has 0 atom stereocenters. The highest BCUT2D eigenvalue weighted by molar-refractivity contribution is 5.24. The summed E-state index contributed by atoms with van der Waals surface area (Å²) in [5.74, 6) is 0.329. The van der Waals surface area contributed by atoms with E-state index < -0.39 is 0 Å². The van der Waals surface area contributed by atoms with Gasteiger partial charge < -0.3 is 5.11 Å². The molecule has 2 aromatic carbocycles. The van der Waals surface area contributed by atoms with Gasteiger partial charge in [-0.3, -0.25) is 0 Å². The van der Waals surface area contributed by atoms with Gasteiger partial charge in [-0.05, 0) is 19.1 Å². The maximum Gasteiger partial charge on any atom is 0.115 e. The zero-order chi connectivity index (χ0) is 14.2. The Morgan fingerprint density at radius 2 is 0.889 bits per heavy atom. The molecule has 1 nitrogen and oxygen atoms in total. The Hall–Kier alpha value is -1.76. The first-order valence-electron chi connectivity index (χ1n) is 6.54. The number of phenols is 1. The summed E-state index contributed by atoms with van der Waals surface area (Å²) in [5, 5.41) is 8.76. The van der Waals surface area contributed by atoms with Gasteiger partial charge in [-0.2, -0.15) is 0 Å². The minimum Gasteiger partial charge on any atom is -0.508 e. The fraction of sp³-hybridized carbons (Fsp3) is 0.294. The van der Waals surface area contributed by atoms with Crippen LogP contribution in [0.1, 0.15) is 33.3 Å². The van der Waals surface area contributed by atoms with E-state index in [2.05, 4.69) is 0 Å². The van der Waals surface area contributed by atoms with E-state index in [1.54, 1.807) is 12.1 Å². The molecule has 0 saturated carbocycles. The molecular formula is C17H26O. The second kappa shape index (κ2) is 15.2. The van der Waals surface area contributed by atoms with Gasteiger partial charge in [0.05, 0.1) is 0 Å². The van der Waals surface area contributed by atoms with E-state index in [0.29, 0.717) is 5.75 Å². The largest absolute Gasteiger partial charge is 0.508 e. The maximum atomic E-state index is 8.76. The van der Waals surface area contributed by atoms with Gasteiger partial charge in [0.2, 0.25) is 0 Å². The van der Waals surface area contributed by atoms with Gasteiger partial charge in [0.25, 0.3) is 0 Å². The molecular weight excluding hydrogens is 220 g/mol. The van der Waals surface area contributed by atoms with Crippen LogP contribution in [0, 0.1) is 6.92 Å². The van der Waals surface area contributed by atoms with E-state index >= 15 is 0 Å². The average Bonchev–Trinajstić information content (AvgIpc) is 2.49. The molecule has 18 heavy (non-hydrogen) atoms. The molecule has 0 saturated heterocycles. The fourth-order valence-electron chi connectivity index (χ4n) is 0.930. The second-order valence-electron chi connectivity index (χ2n) is 2.99. The Kier molecular flexibility index (Phi) is 15.7. The zero-order valence-electron chi connectivity index (χ0n) is 12.2. The molecule has 0 bridgehead atoms. The third-order valence-corrected chi connectivity index (χ3v) is 1.70. The topological polar surface area (TPSA) is 20.2 Å². The minimum absolute atomic E-state index is 0.329. The Morgan fingerprint density at radius 1 is 0.611 bits per heavy atom. The molecule has 0 aromatic heterocycles. The van der Waals surface area contributed by atoms with E-state index in [1.807, 2.05) is 83.1 Å². The van der Waals surface area contributed by atoms with E-state index in [1.165, 1.54) is 5.56 Å². The van der Waals surface area contributed by atoms with Crippen LogP contribution in [0.5, 0.6) is 5.75 Å². The SMILES string of the molecule is CC.CC.Cc1ccc(O)cc1.c1ccccc1. The lowest BCUT2D eigenvalue weighted by Gasteiger charge is -1.89. The van der Waals surface area contributed by atoms with Crippen molar-refractivity contribution in [3.63, 3.8) is 0 Å². The number of hydrogen-bond acceptors (Lipinski definition) is 1. The Morgan fingerprint density at radius 3 is 1.11 bits per heavy atom. The van der Waals surface area contributed by atoms with Crippen molar-refractivity contribution in [1.82, 2.24) is 0 Å². The molecule has 0 amide bonds. The molecule has 0 unspecified atom stereocenters. The summed E-state index contributed by atoms with van der Waals surface area (Å²) in [7, 11) is 0. The second-order valence-corrected chi connectivity index (χ2v) is 2.99. The monoisotopic (exact) mass is 246 g/mol. The van der Waals surface area contributed by atoms with Crippen LogP contribution in [-0.2, 0) is 0 Å². The van der Waals surface area contributed by atoms with E-state index in [4.69, 9.17) is 5.11 Å². The summed E-state index contributed by atoms with van der Waals surface area (Å²) in [5.41, 5.74) is 1.17. The van der Waals surface area contributed by atoms with Crippen molar-refractivity contribution in [2.75, 3.05) is 0 Å². The molecule has 0 aliphatic carbocycles. The van der Waals surface area contributed by atoms with Crippen molar-refractivity contribution in [2.45, 2.75) is 34.6 Å². The molecule has 1 heteroatoms. The zero-order valence-corrected chi connectivity index (χ0v) is 12.2. The molecule has 1 N–H and O–H groups in total. The highest BCUT2D eigenvalue weighted by atomic mass is 16.3. The van der Waals surface area contributed by atoms with Gasteiger partial charge in [0.15, 0.2) is 0 Å². The van der Waals surface area contributed by atoms with Crippen LogP contribution in [0.25, 0.3) is 0 Å². The molecule has 0 aliphatic rings. The van der Waals surface area contributed by atoms with Crippen LogP contribution in [0.4, 0.5) is 0 Å². The highest BCUT2D eigenvalue weighted by Crippen LogP contribution is 2.07. The third-order valence-electron chi connectivity index (χ3n) is 1.70. The van der Waals surface area contributed by atoms with Crippen LogP contribution in [-0.4, -0.2) is 5.11 Å². The van der Waals surface area contributed by atoms with E-state index in [9.17, 15) is 0 Å². The minimum atomic E-state index is 0.329. The Labute approximate surface area is 112 Å². The molecule has 2 aromatic rings. The third kappa shape index (κ3) is 12.3. The first-order chi connectivity index (χ1) is 8.79. The van der Waals surface area contributed by atoms with Crippen molar-refractivity contribution in [3.8, 4) is 5.75 Å². The van der Waals surface area contributed by atoms with Crippen LogP contribution in [0.15, 0.2) is 60.7 Å². The van der Waals surface area contributed by atoms with Gasteiger partial charge in [0.1, 0.15) is 5.75 Å². The van der Waals surface area contributed by atoms with Crippen molar-refractivity contribution < 1.29 is 5.11 Å². The summed E-state index contributed by atoms with van der Waals surface area (Å²) >= 11 is 0. The summed E-state index contributed by atoms with van der Waals surface area (Å²) < 4.78 is 0. The van der Waals surface area contributed by atoms with Crippen molar-refractivity contribution in [3.05, 3.63) is 66.2 Å². The lowest BCUT2D eigenvalue weighted by atomic mass is 10.2. The molecule has 2 rings (SSSR count). The van der Waals surface area contributed by atoms with E-state index in [0.717, 1.165) is 0 Å². The normalized spacial score (nSPS) is 7.39. The van der Waals surface area contributed by atoms with Crippen LogP contribution < -0.4 is 0 Å². The van der Waals surface area contributed by atoms with Crippen molar-refractivity contribution >= 4 is 0 Å². The summed E-state index contributed by atoms with van der Waals surface area (Å²) in [6.45, 7) is 9.99. The highest BCUT2D eigenvalue weighted by Gasteiger charge is 1.82. The Bertz CT molecular complexity index is 290. The summed E-state index contributed by atoms with van der Waals surface area (Å²) in [6.07, 6.45) is 0. The summed E-state index contributed by atoms with van der Waals surface area (Å²) in [6, 6.07) is 19.1. The predicted molar refractivity (Wildman–Crippen MR) is 82.0 cm³/mol. The van der Waals surface area contributed by atoms with Crippen molar-refractivity contribution in [2.24, 2.45) is 0 Å². The van der Waals surface area contributed by atoms with Crippen molar-refractivity contribution in [1.29, 1.82) is 0 Å². The maximum absolute atomic E-state index is 8.76. The first-order valence-corrected chi connectivity index (χ1v) is 6.54. The molecule has 0 heterocycles. The lowest BCUT2D eigenvalue weighted by molar-refractivity contribution is 0.475. The van der Waals surface area contributed by atoms with Gasteiger partial charge in [0, 0.05) is 0 Å². The number of hydrogen-bond donors (Lipinski definition) is 1. The predicted octanol–water partition coefficient (Wildman–Crippen LogP) is 5.44. The average molecular weight is 246 g/mol. The van der Waals surface area contributed by atoms with Gasteiger partial charge in [-0.1, -0.05) is 81.8 Å². The lowest BCUT2D eigenvalue weighted by Crippen LogP contribution is -1.66. The number of aryl methyl sites for hydroxylation is 1. The van der Waals surface area contributed by atoms with Gasteiger partial charge in [-0.15, -0.1) is 0 Å². The molecule has 0 radical (unpaired) electrons. The molecule has 100 valence electrons. The number of aromatic hydroxyl groups is 1. The van der Waals surface area contributed by atoms with Crippen LogP contribution >= 0.6 is 0 Å². The molecule has 0 spiro atoms. The smallest absolute Gasteiger partial charge is 0.115 e. The Balaban J connectivity index is 0. The van der Waals surface area contributed by atoms with E-state index in [-0.39, 0.29) is 0 Å². The van der Waals surface area contributed by atoms with Crippen LogP contribution in [0.3, 0.4) is 0 Å². The van der Waals surface area contributed by atoms with Gasteiger partial charge >= 0.3 is 0 Å². The number of rotatable bonds is 0. The molecule has 0 fully saturated rings. The fourth-order valence-corrected chi connectivity index (χ4v) is 0.930. The molecule has 0 aliphatic heterocycles. The standard InChI is InChI=1S/C7H8O.C6H6.2C2H6/c1-6-2-4-7(8)5-3-6;1-2-4-6-5-3-1;2*1-2/h2-5,8H,1H3;1-6H;2*1-2H3. The first kappa shape index (κ1) is 18.6.